The molecule has 0 unspecified atom stereocenters. The van der Waals surface area contributed by atoms with E-state index in [-0.39, 0.29) is 11.7 Å². The van der Waals surface area contributed by atoms with Gasteiger partial charge in [-0.05, 0) is 68.3 Å². The zero-order valence-corrected chi connectivity index (χ0v) is 16.2. The number of nitrogens with zero attached hydrogens (tertiary/aromatic N) is 2. The monoisotopic (exact) mass is 448 g/mol. The molecule has 118 valence electrons. The van der Waals surface area contributed by atoms with Crippen molar-refractivity contribution in [1.82, 2.24) is 4.90 Å². The number of likely N-dealkylation sites (N-methyl/N-ethyl adjacent to an activating group) is 1. The number of benzene rings is 1. The number of hydrogen-bond acceptors (Lipinski definition) is 5. The number of amidine groups is 1. The van der Waals surface area contributed by atoms with Crippen molar-refractivity contribution in [2.75, 3.05) is 20.7 Å². The lowest BCUT2D eigenvalue weighted by atomic mass is 10.2. The fraction of sp³-hybridized carbons (Fsp3) is 0.286. The van der Waals surface area contributed by atoms with Crippen LogP contribution in [0.3, 0.4) is 0 Å². The van der Waals surface area contributed by atoms with Gasteiger partial charge >= 0.3 is 0 Å². The Labute approximate surface area is 149 Å². The lowest BCUT2D eigenvalue weighted by Gasteiger charge is -2.11. The molecule has 1 heterocycles. The van der Waals surface area contributed by atoms with Crippen LogP contribution < -0.4 is 4.74 Å². The van der Waals surface area contributed by atoms with E-state index < -0.39 is 0 Å². The van der Waals surface area contributed by atoms with Crippen LogP contribution in [-0.2, 0) is 4.79 Å². The first kappa shape index (κ1) is 17.4. The summed E-state index contributed by atoms with van der Waals surface area (Å²) >= 11 is 8.05. The highest BCUT2D eigenvalue weighted by molar-refractivity contribution is 9.13. The SMILES string of the molecule is CCOc1cc(/C=C2/SC(=NC)N(C)C2=O)c(Br)c(Br)c1O. The van der Waals surface area contributed by atoms with Gasteiger partial charge in [0.05, 0.1) is 16.0 Å². The molecular weight excluding hydrogens is 436 g/mol. The number of amides is 1. The third-order valence-electron chi connectivity index (χ3n) is 2.96. The van der Waals surface area contributed by atoms with Crippen LogP contribution in [-0.4, -0.2) is 41.8 Å². The average Bonchev–Trinajstić information content (AvgIpc) is 2.77. The maximum Gasteiger partial charge on any atom is 0.266 e. The van der Waals surface area contributed by atoms with Gasteiger partial charge in [0.2, 0.25) is 0 Å². The predicted molar refractivity (Wildman–Crippen MR) is 96.4 cm³/mol. The van der Waals surface area contributed by atoms with Crippen LogP contribution in [0.1, 0.15) is 12.5 Å². The van der Waals surface area contributed by atoms with Crippen LogP contribution in [0, 0.1) is 0 Å². The number of carbonyl (C=O) groups is 1. The predicted octanol–water partition coefficient (Wildman–Crippen LogP) is 3.85. The van der Waals surface area contributed by atoms with Crippen LogP contribution in [0.4, 0.5) is 0 Å². The number of ether oxygens (including phenoxy) is 1. The molecule has 1 amide bonds. The standard InChI is InChI=1S/C14H14Br2N2O3S/c1-4-21-8-5-7(10(15)11(16)12(8)19)6-9-13(20)18(3)14(17-2)22-9/h5-6,19H,4H2,1-3H3/b9-6+,17-14?. The number of phenols is 1. The molecule has 0 bridgehead atoms. The van der Waals surface area contributed by atoms with Crippen LogP contribution in [0.15, 0.2) is 24.9 Å². The number of halogens is 2. The van der Waals surface area contributed by atoms with Gasteiger partial charge in [0, 0.05) is 18.6 Å². The molecule has 1 N–H and O–H groups in total. The van der Waals surface area contributed by atoms with Crippen LogP contribution in [0.25, 0.3) is 6.08 Å². The van der Waals surface area contributed by atoms with Crippen molar-refractivity contribution in [2.45, 2.75) is 6.92 Å². The number of aromatic hydroxyl groups is 1. The van der Waals surface area contributed by atoms with Crippen LogP contribution in [0.2, 0.25) is 0 Å². The number of phenolic OH excluding ortho intramolecular Hbond substituents is 1. The summed E-state index contributed by atoms with van der Waals surface area (Å²) in [5.41, 5.74) is 0.731. The molecule has 1 aromatic rings. The van der Waals surface area contributed by atoms with Crippen LogP contribution in [0.5, 0.6) is 11.5 Å². The Hall–Kier alpha value is -0.990. The fourth-order valence-corrected chi connectivity index (χ4v) is 3.63. The molecule has 1 aliphatic rings. The van der Waals surface area contributed by atoms with E-state index in [0.29, 0.717) is 31.4 Å². The Balaban J connectivity index is 2.50. The van der Waals surface area contributed by atoms with Crippen molar-refractivity contribution in [2.24, 2.45) is 4.99 Å². The number of hydrogen-bond donors (Lipinski definition) is 1. The molecular formula is C14H14Br2N2O3S. The van der Waals surface area contributed by atoms with Gasteiger partial charge in [-0.25, -0.2) is 0 Å². The van der Waals surface area contributed by atoms with E-state index in [2.05, 4.69) is 36.9 Å². The molecule has 0 aromatic heterocycles. The molecule has 2 rings (SSSR count). The highest BCUT2D eigenvalue weighted by atomic mass is 79.9. The smallest absolute Gasteiger partial charge is 0.266 e. The van der Waals surface area contributed by atoms with Crippen molar-refractivity contribution in [1.29, 1.82) is 0 Å². The summed E-state index contributed by atoms with van der Waals surface area (Å²) in [4.78, 5) is 18.3. The third kappa shape index (κ3) is 3.18. The summed E-state index contributed by atoms with van der Waals surface area (Å²) in [5, 5.41) is 10.7. The Kier molecular flexibility index (Phi) is 5.57. The second kappa shape index (κ2) is 7.06. The van der Waals surface area contributed by atoms with E-state index in [1.54, 1.807) is 26.2 Å². The Morgan fingerprint density at radius 1 is 1.45 bits per heavy atom. The molecule has 22 heavy (non-hydrogen) atoms. The average molecular weight is 450 g/mol. The first-order chi connectivity index (χ1) is 10.4. The first-order valence-electron chi connectivity index (χ1n) is 6.38. The van der Waals surface area contributed by atoms with Gasteiger partial charge in [-0.3, -0.25) is 14.7 Å². The van der Waals surface area contributed by atoms with E-state index in [0.717, 1.165) is 5.56 Å². The second-order valence-corrected chi connectivity index (χ2v) is 6.95. The number of carbonyl (C=O) groups excluding carboxylic acids is 1. The topological polar surface area (TPSA) is 62.1 Å². The minimum atomic E-state index is -0.111. The molecule has 8 heteroatoms. The molecule has 1 aliphatic heterocycles. The van der Waals surface area contributed by atoms with E-state index in [1.165, 1.54) is 16.7 Å². The van der Waals surface area contributed by atoms with E-state index in [9.17, 15) is 9.90 Å². The third-order valence-corrected chi connectivity index (χ3v) is 6.27. The first-order valence-corrected chi connectivity index (χ1v) is 8.79. The summed E-state index contributed by atoms with van der Waals surface area (Å²) in [6.07, 6.45) is 1.75. The molecule has 1 aromatic carbocycles. The van der Waals surface area contributed by atoms with Gasteiger partial charge < -0.3 is 9.84 Å². The van der Waals surface area contributed by atoms with Gasteiger partial charge in [-0.2, -0.15) is 0 Å². The van der Waals surface area contributed by atoms with Crippen molar-refractivity contribution in [3.05, 3.63) is 25.5 Å². The van der Waals surface area contributed by atoms with Gasteiger partial charge in [-0.15, -0.1) is 0 Å². The van der Waals surface area contributed by atoms with E-state index >= 15 is 0 Å². The summed E-state index contributed by atoms with van der Waals surface area (Å²) < 4.78 is 6.55. The molecule has 0 saturated carbocycles. The summed E-state index contributed by atoms with van der Waals surface area (Å²) in [6.45, 7) is 2.27. The van der Waals surface area contributed by atoms with E-state index in [4.69, 9.17) is 4.74 Å². The summed E-state index contributed by atoms with van der Waals surface area (Å²) in [6, 6.07) is 1.69. The molecule has 0 spiro atoms. The highest BCUT2D eigenvalue weighted by Crippen LogP contribution is 2.43. The van der Waals surface area contributed by atoms with Gasteiger partial charge in [-0.1, -0.05) is 0 Å². The van der Waals surface area contributed by atoms with Crippen molar-refractivity contribution in [3.8, 4) is 11.5 Å². The molecule has 0 radical (unpaired) electrons. The number of rotatable bonds is 3. The highest BCUT2D eigenvalue weighted by Gasteiger charge is 2.30. The zero-order valence-electron chi connectivity index (χ0n) is 12.2. The van der Waals surface area contributed by atoms with Crippen molar-refractivity contribution in [3.63, 3.8) is 0 Å². The van der Waals surface area contributed by atoms with Crippen molar-refractivity contribution >= 4 is 60.8 Å². The maximum atomic E-state index is 12.2. The quantitative estimate of drug-likeness (QED) is 0.712. The van der Waals surface area contributed by atoms with Gasteiger partial charge in [0.1, 0.15) is 0 Å². The van der Waals surface area contributed by atoms with Crippen molar-refractivity contribution < 1.29 is 14.6 Å². The number of aliphatic imine (C=N–C) groups is 1. The maximum absolute atomic E-state index is 12.2. The zero-order chi connectivity index (χ0) is 16.4. The summed E-state index contributed by atoms with van der Waals surface area (Å²) in [5.74, 6) is 0.270. The normalized spacial score (nSPS) is 18.6. The number of thioether (sulfide) groups is 1. The lowest BCUT2D eigenvalue weighted by Crippen LogP contribution is -2.23. The molecule has 0 atom stereocenters. The minimum absolute atomic E-state index is 0.0224. The Morgan fingerprint density at radius 2 is 2.14 bits per heavy atom. The van der Waals surface area contributed by atoms with E-state index in [1.807, 2.05) is 6.92 Å². The molecule has 1 saturated heterocycles. The largest absolute Gasteiger partial charge is 0.503 e. The van der Waals surface area contributed by atoms with Gasteiger partial charge in [0.25, 0.3) is 5.91 Å². The molecule has 0 aliphatic carbocycles. The molecule has 1 fully saturated rings. The Morgan fingerprint density at radius 3 is 2.68 bits per heavy atom. The molecule has 5 nitrogen and oxygen atoms in total. The summed E-state index contributed by atoms with van der Waals surface area (Å²) in [7, 11) is 3.33. The lowest BCUT2D eigenvalue weighted by molar-refractivity contribution is -0.121. The fourth-order valence-electron chi connectivity index (χ4n) is 1.87. The van der Waals surface area contributed by atoms with Gasteiger partial charge in [0.15, 0.2) is 16.7 Å². The second-order valence-electron chi connectivity index (χ2n) is 4.35. The van der Waals surface area contributed by atoms with Crippen LogP contribution >= 0.6 is 43.6 Å². The Bertz CT molecular complexity index is 689. The minimum Gasteiger partial charge on any atom is -0.503 e.